The number of aromatic nitrogens is 2. The highest BCUT2D eigenvalue weighted by atomic mass is 32.1. The first-order chi connectivity index (χ1) is 14.6. The van der Waals surface area contributed by atoms with Gasteiger partial charge in [0.2, 0.25) is 0 Å². The van der Waals surface area contributed by atoms with Crippen molar-refractivity contribution in [3.8, 4) is 0 Å². The molecule has 0 fully saturated rings. The van der Waals surface area contributed by atoms with Gasteiger partial charge in [-0.25, -0.2) is 4.98 Å². The number of amides is 2. The van der Waals surface area contributed by atoms with E-state index < -0.39 is 0 Å². The van der Waals surface area contributed by atoms with Gasteiger partial charge < -0.3 is 15.2 Å². The van der Waals surface area contributed by atoms with Crippen molar-refractivity contribution >= 4 is 34.5 Å². The van der Waals surface area contributed by atoms with Crippen molar-refractivity contribution in [3.05, 3.63) is 100 Å². The molecule has 4 rings (SSSR count). The Bertz CT molecular complexity index is 1160. The molecule has 2 aromatic heterocycles. The number of hydrogen-bond acceptors (Lipinski definition) is 4. The molecule has 0 saturated heterocycles. The minimum atomic E-state index is -0.282. The van der Waals surface area contributed by atoms with E-state index in [0.717, 1.165) is 17.9 Å². The van der Waals surface area contributed by atoms with E-state index in [9.17, 15) is 9.59 Å². The van der Waals surface area contributed by atoms with E-state index in [1.54, 1.807) is 36.5 Å². The number of carbonyl (C=O) groups is 2. The number of rotatable bonds is 6. The molecule has 0 bridgehead atoms. The van der Waals surface area contributed by atoms with Crippen molar-refractivity contribution in [1.82, 2.24) is 9.55 Å². The van der Waals surface area contributed by atoms with Gasteiger partial charge in [-0.15, -0.1) is 11.3 Å². The van der Waals surface area contributed by atoms with E-state index in [2.05, 4.69) is 20.2 Å². The average molecular weight is 417 g/mol. The first kappa shape index (κ1) is 19.6. The van der Waals surface area contributed by atoms with Crippen molar-refractivity contribution in [3.63, 3.8) is 0 Å². The Morgan fingerprint density at radius 3 is 2.47 bits per heavy atom. The number of hydrogen-bond donors (Lipinski definition) is 2. The lowest BCUT2D eigenvalue weighted by atomic mass is 10.1. The number of benzene rings is 2. The second kappa shape index (κ2) is 8.75. The van der Waals surface area contributed by atoms with Gasteiger partial charge >= 0.3 is 0 Å². The molecule has 30 heavy (non-hydrogen) atoms. The van der Waals surface area contributed by atoms with Gasteiger partial charge in [0.15, 0.2) is 0 Å². The lowest BCUT2D eigenvalue weighted by molar-refractivity contribution is 0.102. The third-order valence-electron chi connectivity index (χ3n) is 4.65. The van der Waals surface area contributed by atoms with Crippen LogP contribution in [0.15, 0.2) is 78.4 Å². The van der Waals surface area contributed by atoms with Crippen molar-refractivity contribution in [2.24, 2.45) is 0 Å². The minimum absolute atomic E-state index is 0.232. The Hall–Kier alpha value is -3.71. The molecule has 2 N–H and O–H groups in total. The Labute approximate surface area is 178 Å². The monoisotopic (exact) mass is 416 g/mol. The zero-order chi connectivity index (χ0) is 20.9. The van der Waals surface area contributed by atoms with Crippen molar-refractivity contribution < 1.29 is 9.59 Å². The van der Waals surface area contributed by atoms with Crippen LogP contribution in [0.4, 0.5) is 11.4 Å². The molecule has 6 nitrogen and oxygen atoms in total. The Morgan fingerprint density at radius 1 is 0.967 bits per heavy atom. The van der Waals surface area contributed by atoms with Crippen molar-refractivity contribution in [1.29, 1.82) is 0 Å². The predicted molar refractivity (Wildman–Crippen MR) is 119 cm³/mol. The van der Waals surface area contributed by atoms with Crippen LogP contribution in [0.1, 0.15) is 31.4 Å². The second-order valence-corrected chi connectivity index (χ2v) is 7.68. The summed E-state index contributed by atoms with van der Waals surface area (Å²) in [6.07, 6.45) is 3.71. The standard InChI is InChI=1S/C23H20N4O2S/c1-16-24-12-13-27(16)15-17-8-10-18(11-9-17)25-22(28)19-5-2-3-6-20(19)26-23(29)21-7-4-14-30-21/h2-14H,15H2,1H3,(H,25,28)(H,26,29). The van der Waals surface area contributed by atoms with Crippen LogP contribution in [-0.4, -0.2) is 21.4 Å². The van der Waals surface area contributed by atoms with Crippen molar-refractivity contribution in [2.45, 2.75) is 13.5 Å². The van der Waals surface area contributed by atoms with Gasteiger partial charge in [0.05, 0.1) is 16.1 Å². The maximum Gasteiger partial charge on any atom is 0.265 e. The number of para-hydroxylation sites is 1. The van der Waals surface area contributed by atoms with Gasteiger partial charge in [-0.2, -0.15) is 0 Å². The molecule has 0 aliphatic heterocycles. The summed E-state index contributed by atoms with van der Waals surface area (Å²) in [5, 5.41) is 7.56. The van der Waals surface area contributed by atoms with Crippen molar-refractivity contribution in [2.75, 3.05) is 10.6 Å². The summed E-state index contributed by atoms with van der Waals surface area (Å²) in [6.45, 7) is 2.68. The largest absolute Gasteiger partial charge is 0.331 e. The summed E-state index contributed by atoms with van der Waals surface area (Å²) < 4.78 is 2.06. The first-order valence-electron chi connectivity index (χ1n) is 9.42. The summed E-state index contributed by atoms with van der Waals surface area (Å²) >= 11 is 1.35. The Kier molecular flexibility index (Phi) is 5.72. The number of thiophene rings is 1. The molecule has 0 saturated carbocycles. The van der Waals surface area contributed by atoms with Gasteiger partial charge in [-0.05, 0) is 48.2 Å². The number of nitrogens with zero attached hydrogens (tertiary/aromatic N) is 2. The molecular weight excluding hydrogens is 396 g/mol. The van der Waals surface area contributed by atoms with Crippen LogP contribution in [0, 0.1) is 6.92 Å². The predicted octanol–water partition coefficient (Wildman–Crippen LogP) is 4.81. The zero-order valence-corrected chi connectivity index (χ0v) is 17.1. The topological polar surface area (TPSA) is 76.0 Å². The molecule has 0 spiro atoms. The highest BCUT2D eigenvalue weighted by Gasteiger charge is 2.15. The molecule has 150 valence electrons. The molecule has 0 unspecified atom stereocenters. The highest BCUT2D eigenvalue weighted by molar-refractivity contribution is 7.12. The number of anilines is 2. The maximum atomic E-state index is 12.8. The van der Waals surface area contributed by atoms with Crippen LogP contribution in [0.3, 0.4) is 0 Å². The summed E-state index contributed by atoms with van der Waals surface area (Å²) in [5.41, 5.74) is 2.67. The number of carbonyl (C=O) groups excluding carboxylic acids is 2. The van der Waals surface area contributed by atoms with Gasteiger partial charge in [0.25, 0.3) is 11.8 Å². The number of imidazole rings is 1. The van der Waals surface area contributed by atoms with Crippen LogP contribution in [0.2, 0.25) is 0 Å². The lowest BCUT2D eigenvalue weighted by Gasteiger charge is -2.12. The van der Waals surface area contributed by atoms with E-state index in [-0.39, 0.29) is 11.8 Å². The quantitative estimate of drug-likeness (QED) is 0.474. The smallest absolute Gasteiger partial charge is 0.265 e. The summed E-state index contributed by atoms with van der Waals surface area (Å²) in [4.78, 5) is 30.0. The number of aryl methyl sites for hydroxylation is 1. The molecule has 7 heteroatoms. The second-order valence-electron chi connectivity index (χ2n) is 6.73. The average Bonchev–Trinajstić information content (AvgIpc) is 3.42. The van der Waals surface area contributed by atoms with Crippen LogP contribution < -0.4 is 10.6 Å². The molecule has 0 radical (unpaired) electrons. The van der Waals surface area contributed by atoms with E-state index in [0.29, 0.717) is 21.8 Å². The summed E-state index contributed by atoms with van der Waals surface area (Å²) in [7, 11) is 0. The van der Waals surface area contributed by atoms with E-state index in [1.807, 2.05) is 48.8 Å². The lowest BCUT2D eigenvalue weighted by Crippen LogP contribution is -2.17. The zero-order valence-electron chi connectivity index (χ0n) is 16.3. The summed E-state index contributed by atoms with van der Waals surface area (Å²) in [6, 6.07) is 18.2. The van der Waals surface area contributed by atoms with Gasteiger partial charge in [-0.3, -0.25) is 9.59 Å². The van der Waals surface area contributed by atoms with Crippen LogP contribution in [0.25, 0.3) is 0 Å². The van der Waals surface area contributed by atoms with E-state index >= 15 is 0 Å². The van der Waals surface area contributed by atoms with Crippen LogP contribution in [-0.2, 0) is 6.54 Å². The molecule has 2 aromatic carbocycles. The van der Waals surface area contributed by atoms with Gasteiger partial charge in [0, 0.05) is 24.6 Å². The molecule has 2 amide bonds. The molecular formula is C23H20N4O2S. The Morgan fingerprint density at radius 2 is 1.77 bits per heavy atom. The van der Waals surface area contributed by atoms with E-state index in [4.69, 9.17) is 0 Å². The minimum Gasteiger partial charge on any atom is -0.331 e. The van der Waals surface area contributed by atoms with Gasteiger partial charge in [-0.1, -0.05) is 30.3 Å². The molecule has 0 aliphatic rings. The molecule has 0 aliphatic carbocycles. The normalized spacial score (nSPS) is 10.6. The third-order valence-corrected chi connectivity index (χ3v) is 5.52. The molecule has 4 aromatic rings. The van der Waals surface area contributed by atoms with Crippen LogP contribution in [0.5, 0.6) is 0 Å². The van der Waals surface area contributed by atoms with E-state index in [1.165, 1.54) is 11.3 Å². The first-order valence-corrected chi connectivity index (χ1v) is 10.3. The number of nitrogens with one attached hydrogen (secondary N) is 2. The third kappa shape index (κ3) is 4.47. The molecule has 2 heterocycles. The maximum absolute atomic E-state index is 12.8. The molecule has 0 atom stereocenters. The SMILES string of the molecule is Cc1nccn1Cc1ccc(NC(=O)c2ccccc2NC(=O)c2cccs2)cc1. The Balaban J connectivity index is 1.45. The van der Waals surface area contributed by atoms with Crippen LogP contribution >= 0.6 is 11.3 Å². The summed E-state index contributed by atoms with van der Waals surface area (Å²) in [5.74, 6) is 0.438. The fourth-order valence-corrected chi connectivity index (χ4v) is 3.66. The fourth-order valence-electron chi connectivity index (χ4n) is 3.04. The highest BCUT2D eigenvalue weighted by Crippen LogP contribution is 2.20. The van der Waals surface area contributed by atoms with Gasteiger partial charge in [0.1, 0.15) is 5.82 Å². The fraction of sp³-hybridized carbons (Fsp3) is 0.0870.